The summed E-state index contributed by atoms with van der Waals surface area (Å²) in [4.78, 5) is 60.9. The number of rotatable bonds is 7. The topological polar surface area (TPSA) is 201 Å². The van der Waals surface area contributed by atoms with Gasteiger partial charge in [-0.15, -0.1) is 0 Å². The van der Waals surface area contributed by atoms with Crippen LogP contribution in [0.3, 0.4) is 0 Å². The molecule has 7 aromatic heterocycles. The minimum atomic E-state index is 0.531. The Kier molecular flexibility index (Phi) is 10.2. The normalized spacial score (nSPS) is 11.6. The van der Waals surface area contributed by atoms with Gasteiger partial charge in [0.2, 0.25) is 0 Å². The molecular formula is C56H42N16. The Morgan fingerprint density at radius 1 is 0.361 bits per heavy atom. The Balaban J connectivity index is 1.12. The smallest absolute Gasteiger partial charge is 0.163 e. The Labute approximate surface area is 412 Å². The molecule has 0 atom stereocenters. The summed E-state index contributed by atoms with van der Waals surface area (Å²) in [7, 11) is 0. The van der Waals surface area contributed by atoms with Crippen LogP contribution >= 0.6 is 0 Å². The SMILES string of the molecule is Cc1nc(C)nc(-c2ccc3c(c2)c2cc(-c4nc(C)nc(C)n4)ccc2n3-c2cc(-c3cccc(C#N)c3)c(-n3c4ccc(-c5nc(C)nc(C)n5)cc4c4cc(-c5nc(C)nc(C)n5)ccc43)cn2)n1. The molecule has 16 heteroatoms. The average Bonchev–Trinajstić information content (AvgIpc) is 3.86. The second kappa shape index (κ2) is 16.8. The van der Waals surface area contributed by atoms with E-state index in [0.717, 1.165) is 82.7 Å². The molecule has 0 aliphatic rings. The summed E-state index contributed by atoms with van der Waals surface area (Å²) >= 11 is 0. The zero-order valence-electron chi connectivity index (χ0n) is 40.5. The molecule has 72 heavy (non-hydrogen) atoms. The molecule has 346 valence electrons. The third kappa shape index (κ3) is 7.60. The van der Waals surface area contributed by atoms with Gasteiger partial charge in [0, 0.05) is 49.4 Å². The highest BCUT2D eigenvalue weighted by Gasteiger charge is 2.23. The molecule has 0 aliphatic heterocycles. The fourth-order valence-corrected chi connectivity index (χ4v) is 9.81. The van der Waals surface area contributed by atoms with Gasteiger partial charge in [0.05, 0.1) is 45.6 Å². The molecule has 0 radical (unpaired) electrons. The lowest BCUT2D eigenvalue weighted by atomic mass is 10.0. The van der Waals surface area contributed by atoms with Crippen molar-refractivity contribution in [1.29, 1.82) is 5.26 Å². The van der Waals surface area contributed by atoms with Gasteiger partial charge >= 0.3 is 0 Å². The van der Waals surface area contributed by atoms with E-state index in [1.54, 1.807) is 0 Å². The van der Waals surface area contributed by atoms with Gasteiger partial charge in [0.25, 0.3) is 0 Å². The summed E-state index contributed by atoms with van der Waals surface area (Å²) in [5, 5.41) is 14.1. The van der Waals surface area contributed by atoms with Crippen LogP contribution in [0.4, 0.5) is 0 Å². The maximum atomic E-state index is 10.2. The molecule has 0 saturated heterocycles. The number of pyridine rings is 1. The highest BCUT2D eigenvalue weighted by atomic mass is 15.1. The summed E-state index contributed by atoms with van der Waals surface area (Å²) in [5.74, 6) is 8.17. The number of aryl methyl sites for hydroxylation is 8. The number of nitrogens with zero attached hydrogens (tertiary/aromatic N) is 16. The van der Waals surface area contributed by atoms with Crippen LogP contribution in [0.2, 0.25) is 0 Å². The van der Waals surface area contributed by atoms with Crippen molar-refractivity contribution in [2.24, 2.45) is 0 Å². The average molecular weight is 939 g/mol. The molecule has 12 rings (SSSR count). The number of benzene rings is 5. The standard InChI is InChI=1S/C56H42N16/c1-28-59-29(2)64-53(63-28)38-12-16-47-43(21-38)44-22-39(54-65-30(3)60-31(4)66-54)13-17-48(44)71(47)51-27-58-52(25-42(51)37-11-9-10-36(20-37)26-57)72-49-18-14-40(55-67-32(5)61-33(6)68-55)23-45(49)46-24-41(15-19-50(46)72)56-69-34(7)62-35(8)70-56/h9-25,27H,1-8H3. The van der Waals surface area contributed by atoms with Crippen LogP contribution < -0.4 is 0 Å². The summed E-state index contributed by atoms with van der Waals surface area (Å²) in [5.41, 5.74) is 10.1. The van der Waals surface area contributed by atoms with E-state index >= 15 is 0 Å². The van der Waals surface area contributed by atoms with E-state index in [0.29, 0.717) is 81.3 Å². The zero-order chi connectivity index (χ0) is 49.5. The first-order valence-corrected chi connectivity index (χ1v) is 23.3. The molecule has 5 aromatic carbocycles. The highest BCUT2D eigenvalue weighted by Crippen LogP contribution is 2.41. The van der Waals surface area contributed by atoms with Gasteiger partial charge in [-0.25, -0.2) is 64.8 Å². The zero-order valence-corrected chi connectivity index (χ0v) is 40.5. The van der Waals surface area contributed by atoms with E-state index < -0.39 is 0 Å². The monoisotopic (exact) mass is 938 g/mol. The fourth-order valence-electron chi connectivity index (χ4n) is 9.81. The van der Waals surface area contributed by atoms with Crippen LogP contribution in [0, 0.1) is 66.7 Å². The maximum Gasteiger partial charge on any atom is 0.163 e. The third-order valence-electron chi connectivity index (χ3n) is 12.6. The Bertz CT molecular complexity index is 4000. The van der Waals surface area contributed by atoms with Crippen molar-refractivity contribution in [2.75, 3.05) is 0 Å². The molecular weight excluding hydrogens is 897 g/mol. The van der Waals surface area contributed by atoms with Gasteiger partial charge in [0.15, 0.2) is 23.3 Å². The van der Waals surface area contributed by atoms with Gasteiger partial charge in [-0.1, -0.05) is 12.1 Å². The molecule has 0 saturated carbocycles. The summed E-state index contributed by atoms with van der Waals surface area (Å²) < 4.78 is 4.41. The second-order valence-corrected chi connectivity index (χ2v) is 17.9. The van der Waals surface area contributed by atoms with Crippen molar-refractivity contribution < 1.29 is 0 Å². The van der Waals surface area contributed by atoms with Crippen molar-refractivity contribution in [2.45, 2.75) is 55.4 Å². The molecule has 16 nitrogen and oxygen atoms in total. The largest absolute Gasteiger partial charge is 0.307 e. The summed E-state index contributed by atoms with van der Waals surface area (Å²) in [6.07, 6.45) is 1.93. The van der Waals surface area contributed by atoms with E-state index in [2.05, 4.69) is 89.7 Å². The van der Waals surface area contributed by atoms with E-state index in [9.17, 15) is 5.26 Å². The van der Waals surface area contributed by atoms with Crippen LogP contribution in [0.25, 0.3) is 112 Å². The van der Waals surface area contributed by atoms with Crippen LogP contribution in [0.5, 0.6) is 0 Å². The molecule has 0 spiro atoms. The van der Waals surface area contributed by atoms with Gasteiger partial charge in [-0.2, -0.15) is 5.26 Å². The summed E-state index contributed by atoms with van der Waals surface area (Å²) in [6, 6.07) is 37.2. The van der Waals surface area contributed by atoms with Crippen molar-refractivity contribution in [1.82, 2.24) is 73.9 Å². The molecule has 0 aliphatic carbocycles. The van der Waals surface area contributed by atoms with E-state index in [4.69, 9.17) is 44.9 Å². The summed E-state index contributed by atoms with van der Waals surface area (Å²) in [6.45, 7) is 15.0. The number of aromatic nitrogens is 15. The van der Waals surface area contributed by atoms with Gasteiger partial charge in [0.1, 0.15) is 52.4 Å². The van der Waals surface area contributed by atoms with E-state index in [1.165, 1.54) is 0 Å². The predicted octanol–water partition coefficient (Wildman–Crippen LogP) is 10.7. The van der Waals surface area contributed by atoms with Crippen LogP contribution in [0.1, 0.15) is 52.2 Å². The lowest BCUT2D eigenvalue weighted by Gasteiger charge is -2.17. The lowest BCUT2D eigenvalue weighted by molar-refractivity contribution is 0.928. The Hall–Kier alpha value is -9.62. The molecule has 12 aromatic rings. The lowest BCUT2D eigenvalue weighted by Crippen LogP contribution is -2.04. The van der Waals surface area contributed by atoms with Crippen LogP contribution in [-0.2, 0) is 0 Å². The molecule has 0 amide bonds. The highest BCUT2D eigenvalue weighted by molar-refractivity contribution is 6.13. The Morgan fingerprint density at radius 3 is 1.06 bits per heavy atom. The second-order valence-electron chi connectivity index (χ2n) is 17.9. The minimum Gasteiger partial charge on any atom is -0.307 e. The van der Waals surface area contributed by atoms with Crippen molar-refractivity contribution in [3.63, 3.8) is 0 Å². The van der Waals surface area contributed by atoms with Gasteiger partial charge < -0.3 is 4.57 Å². The van der Waals surface area contributed by atoms with Gasteiger partial charge in [-0.05, 0) is 152 Å². The van der Waals surface area contributed by atoms with Crippen LogP contribution in [0.15, 0.2) is 109 Å². The van der Waals surface area contributed by atoms with Gasteiger partial charge in [-0.3, -0.25) is 4.57 Å². The minimum absolute atomic E-state index is 0.531. The number of fused-ring (bicyclic) bond motifs is 6. The van der Waals surface area contributed by atoms with E-state index in [1.807, 2.05) is 110 Å². The molecule has 0 unspecified atom stereocenters. The van der Waals surface area contributed by atoms with Crippen molar-refractivity contribution in [3.05, 3.63) is 161 Å². The van der Waals surface area contributed by atoms with Crippen molar-refractivity contribution >= 4 is 43.6 Å². The molecule has 7 heterocycles. The first-order valence-electron chi connectivity index (χ1n) is 23.3. The van der Waals surface area contributed by atoms with E-state index in [-0.39, 0.29) is 0 Å². The fraction of sp³-hybridized carbons (Fsp3) is 0.143. The maximum absolute atomic E-state index is 10.2. The molecule has 0 N–H and O–H groups in total. The Morgan fingerprint density at radius 2 is 0.708 bits per heavy atom. The number of nitriles is 1. The quantitative estimate of drug-likeness (QED) is 0.146. The molecule has 0 bridgehead atoms. The third-order valence-corrected chi connectivity index (χ3v) is 12.6. The number of hydrogen-bond acceptors (Lipinski definition) is 14. The predicted molar refractivity (Wildman–Crippen MR) is 276 cm³/mol. The number of hydrogen-bond donors (Lipinski definition) is 0. The first-order chi connectivity index (χ1) is 34.8. The first kappa shape index (κ1) is 43.6. The van der Waals surface area contributed by atoms with Crippen LogP contribution in [-0.4, -0.2) is 73.9 Å². The van der Waals surface area contributed by atoms with Crippen molar-refractivity contribution in [3.8, 4) is 74.3 Å². The molecule has 0 fully saturated rings.